The van der Waals surface area contributed by atoms with Gasteiger partial charge in [-0.05, 0) is 25.2 Å². The van der Waals surface area contributed by atoms with Crippen molar-refractivity contribution in [2.24, 2.45) is 5.92 Å². The van der Waals surface area contributed by atoms with Crippen molar-refractivity contribution in [3.8, 4) is 0 Å². The van der Waals surface area contributed by atoms with Crippen molar-refractivity contribution < 1.29 is 28.6 Å². The molecule has 0 N–H and O–H groups in total. The van der Waals surface area contributed by atoms with Gasteiger partial charge in [0.15, 0.2) is 6.10 Å². The Morgan fingerprint density at radius 2 is 0.875 bits per heavy atom. The molecule has 0 aliphatic rings. The predicted molar refractivity (Wildman–Crippen MR) is 164 cm³/mol. The summed E-state index contributed by atoms with van der Waals surface area (Å²) in [5, 5.41) is 0. The van der Waals surface area contributed by atoms with Gasteiger partial charge in [0.2, 0.25) is 0 Å². The van der Waals surface area contributed by atoms with Crippen LogP contribution in [-0.2, 0) is 28.6 Å². The van der Waals surface area contributed by atoms with E-state index in [0.29, 0.717) is 19.3 Å². The molecule has 0 saturated carbocycles. The fraction of sp³-hybridized carbons (Fsp3) is 0.912. The van der Waals surface area contributed by atoms with Gasteiger partial charge in [0.25, 0.3) is 0 Å². The standard InChI is InChI=1S/C34H64O6/c1-5-8-10-12-13-18-22-26-33(36)39-29-31(28-38-32(35)25-21-16-11-9-6-2)40-34(37)27-23-19-15-14-17-20-24-30(4)7-3/h30-31H,5-29H2,1-4H3/t30?,31-/m0/s1. The summed E-state index contributed by atoms with van der Waals surface area (Å²) in [5.74, 6) is -0.0849. The summed E-state index contributed by atoms with van der Waals surface area (Å²) in [5.41, 5.74) is 0. The summed E-state index contributed by atoms with van der Waals surface area (Å²) in [6, 6.07) is 0. The Hall–Kier alpha value is -1.59. The number of hydrogen-bond donors (Lipinski definition) is 0. The monoisotopic (exact) mass is 568 g/mol. The van der Waals surface area contributed by atoms with Crippen molar-refractivity contribution in [3.63, 3.8) is 0 Å². The molecular formula is C34H64O6. The first kappa shape index (κ1) is 38.4. The fourth-order valence-corrected chi connectivity index (χ4v) is 4.65. The summed E-state index contributed by atoms with van der Waals surface area (Å²) in [6.45, 7) is 8.78. The molecule has 2 atom stereocenters. The highest BCUT2D eigenvalue weighted by Gasteiger charge is 2.19. The third-order valence-electron chi connectivity index (χ3n) is 7.65. The van der Waals surface area contributed by atoms with Crippen LogP contribution in [0.15, 0.2) is 0 Å². The maximum atomic E-state index is 12.5. The quantitative estimate of drug-likeness (QED) is 0.0508. The minimum atomic E-state index is -0.755. The molecule has 0 rings (SSSR count). The van der Waals surface area contributed by atoms with E-state index in [1.54, 1.807) is 0 Å². The van der Waals surface area contributed by atoms with E-state index in [-0.39, 0.29) is 31.1 Å². The average Bonchev–Trinajstić information content (AvgIpc) is 2.95. The molecule has 6 nitrogen and oxygen atoms in total. The average molecular weight is 569 g/mol. The molecule has 6 heteroatoms. The first-order chi connectivity index (χ1) is 19.4. The van der Waals surface area contributed by atoms with Crippen LogP contribution in [0.5, 0.6) is 0 Å². The molecule has 0 aromatic heterocycles. The minimum Gasteiger partial charge on any atom is -0.462 e. The number of ether oxygens (including phenoxy) is 3. The van der Waals surface area contributed by atoms with Gasteiger partial charge in [0.05, 0.1) is 0 Å². The van der Waals surface area contributed by atoms with E-state index >= 15 is 0 Å². The van der Waals surface area contributed by atoms with E-state index in [2.05, 4.69) is 27.7 Å². The van der Waals surface area contributed by atoms with Crippen molar-refractivity contribution in [3.05, 3.63) is 0 Å². The van der Waals surface area contributed by atoms with Gasteiger partial charge in [-0.3, -0.25) is 14.4 Å². The number of unbranched alkanes of at least 4 members (excludes halogenated alkanes) is 15. The smallest absolute Gasteiger partial charge is 0.306 e. The Labute approximate surface area is 247 Å². The van der Waals surface area contributed by atoms with Gasteiger partial charge in [-0.1, -0.05) is 137 Å². The number of hydrogen-bond acceptors (Lipinski definition) is 6. The second-order valence-corrected chi connectivity index (χ2v) is 11.7. The number of carbonyl (C=O) groups excluding carboxylic acids is 3. The summed E-state index contributed by atoms with van der Waals surface area (Å²) in [6.07, 6.45) is 22.7. The molecule has 0 amide bonds. The van der Waals surface area contributed by atoms with Crippen molar-refractivity contribution in [2.75, 3.05) is 13.2 Å². The maximum Gasteiger partial charge on any atom is 0.306 e. The fourth-order valence-electron chi connectivity index (χ4n) is 4.65. The van der Waals surface area contributed by atoms with E-state index < -0.39 is 6.10 Å². The van der Waals surface area contributed by atoms with Crippen LogP contribution in [0.1, 0.15) is 175 Å². The highest BCUT2D eigenvalue weighted by molar-refractivity contribution is 5.71. The molecule has 0 aliphatic heterocycles. The molecule has 0 aromatic rings. The third-order valence-corrected chi connectivity index (χ3v) is 7.65. The van der Waals surface area contributed by atoms with Crippen molar-refractivity contribution in [1.29, 1.82) is 0 Å². The second kappa shape index (κ2) is 28.9. The van der Waals surface area contributed by atoms with Gasteiger partial charge in [0.1, 0.15) is 13.2 Å². The lowest BCUT2D eigenvalue weighted by Crippen LogP contribution is -2.30. The molecule has 236 valence electrons. The van der Waals surface area contributed by atoms with Crippen molar-refractivity contribution in [1.82, 2.24) is 0 Å². The summed E-state index contributed by atoms with van der Waals surface area (Å²) >= 11 is 0. The molecule has 0 aromatic carbocycles. The van der Waals surface area contributed by atoms with E-state index in [9.17, 15) is 14.4 Å². The van der Waals surface area contributed by atoms with Gasteiger partial charge in [-0.2, -0.15) is 0 Å². The zero-order chi connectivity index (χ0) is 29.7. The highest BCUT2D eigenvalue weighted by atomic mass is 16.6. The van der Waals surface area contributed by atoms with Crippen LogP contribution >= 0.6 is 0 Å². The Balaban J connectivity index is 4.35. The van der Waals surface area contributed by atoms with E-state index in [1.165, 1.54) is 64.2 Å². The van der Waals surface area contributed by atoms with Crippen LogP contribution < -0.4 is 0 Å². The van der Waals surface area contributed by atoms with Crippen molar-refractivity contribution in [2.45, 2.75) is 181 Å². The molecule has 0 bridgehead atoms. The van der Waals surface area contributed by atoms with E-state index in [1.807, 2.05) is 0 Å². The molecular weight excluding hydrogens is 504 g/mol. The Morgan fingerprint density at radius 3 is 1.30 bits per heavy atom. The second-order valence-electron chi connectivity index (χ2n) is 11.7. The van der Waals surface area contributed by atoms with Crippen LogP contribution in [0.2, 0.25) is 0 Å². The zero-order valence-corrected chi connectivity index (χ0v) is 26.8. The van der Waals surface area contributed by atoms with Crippen LogP contribution in [-0.4, -0.2) is 37.2 Å². The molecule has 0 fully saturated rings. The Bertz CT molecular complexity index is 605. The molecule has 40 heavy (non-hydrogen) atoms. The molecule has 0 saturated heterocycles. The lowest BCUT2D eigenvalue weighted by molar-refractivity contribution is -0.167. The van der Waals surface area contributed by atoms with Crippen LogP contribution in [0, 0.1) is 5.92 Å². The molecule has 0 radical (unpaired) electrons. The minimum absolute atomic E-state index is 0.0684. The first-order valence-corrected chi connectivity index (χ1v) is 16.9. The van der Waals surface area contributed by atoms with Gasteiger partial charge in [0, 0.05) is 19.3 Å². The summed E-state index contributed by atoms with van der Waals surface area (Å²) < 4.78 is 16.4. The lowest BCUT2D eigenvalue weighted by atomic mass is 10.00. The van der Waals surface area contributed by atoms with Gasteiger partial charge in [-0.15, -0.1) is 0 Å². The summed E-state index contributed by atoms with van der Waals surface area (Å²) in [7, 11) is 0. The molecule has 0 aliphatic carbocycles. The SMILES string of the molecule is CCCCCCCCCC(=O)OC[C@H](COC(=O)CCCCCCC)OC(=O)CCCCCCCCC(C)CC. The van der Waals surface area contributed by atoms with Crippen molar-refractivity contribution >= 4 is 17.9 Å². The number of rotatable bonds is 29. The van der Waals surface area contributed by atoms with E-state index in [4.69, 9.17) is 14.2 Å². The predicted octanol–water partition coefficient (Wildman–Crippen LogP) is 9.65. The van der Waals surface area contributed by atoms with Crippen LogP contribution in [0.4, 0.5) is 0 Å². The summed E-state index contributed by atoms with van der Waals surface area (Å²) in [4.78, 5) is 36.9. The van der Waals surface area contributed by atoms with Gasteiger partial charge < -0.3 is 14.2 Å². The first-order valence-electron chi connectivity index (χ1n) is 16.9. The lowest BCUT2D eigenvalue weighted by Gasteiger charge is -2.18. The van der Waals surface area contributed by atoms with Crippen LogP contribution in [0.25, 0.3) is 0 Å². The topological polar surface area (TPSA) is 78.9 Å². The van der Waals surface area contributed by atoms with Gasteiger partial charge in [-0.25, -0.2) is 0 Å². The van der Waals surface area contributed by atoms with E-state index in [0.717, 1.165) is 70.1 Å². The normalized spacial score (nSPS) is 12.6. The maximum absolute atomic E-state index is 12.5. The van der Waals surface area contributed by atoms with Gasteiger partial charge >= 0.3 is 17.9 Å². The third kappa shape index (κ3) is 26.6. The largest absolute Gasteiger partial charge is 0.462 e. The Kier molecular flexibility index (Phi) is 27.8. The number of esters is 3. The number of carbonyl (C=O) groups is 3. The van der Waals surface area contributed by atoms with Crippen LogP contribution in [0.3, 0.4) is 0 Å². The molecule has 0 spiro atoms. The molecule has 1 unspecified atom stereocenters. The highest BCUT2D eigenvalue weighted by Crippen LogP contribution is 2.15. The Morgan fingerprint density at radius 1 is 0.500 bits per heavy atom. The molecule has 0 heterocycles. The zero-order valence-electron chi connectivity index (χ0n) is 26.8.